The van der Waals surface area contributed by atoms with Crippen LogP contribution < -0.4 is 9.62 Å². The first kappa shape index (κ1) is 16.0. The number of nitrogens with zero attached hydrogens (tertiary/aromatic N) is 2. The Morgan fingerprint density at radius 3 is 2.61 bits per heavy atom. The van der Waals surface area contributed by atoms with Gasteiger partial charge < -0.3 is 4.90 Å². The molecule has 2 unspecified atom stereocenters. The molecule has 1 N–H and O–H groups in total. The fraction of sp³-hybridized carbons (Fsp3) is 0.353. The first-order chi connectivity index (χ1) is 11.1. The highest BCUT2D eigenvalue weighted by atomic mass is 32.2. The van der Waals surface area contributed by atoms with Crippen molar-refractivity contribution < 1.29 is 8.42 Å². The van der Waals surface area contributed by atoms with E-state index in [9.17, 15) is 8.42 Å². The van der Waals surface area contributed by atoms with Crippen LogP contribution in [0, 0.1) is 0 Å². The number of rotatable bonds is 7. The number of nitrogens with one attached hydrogen (secondary N) is 1. The number of hydrogen-bond donors (Lipinski definition) is 1. The Bertz CT molecular complexity index is 735. The summed E-state index contributed by atoms with van der Waals surface area (Å²) in [6.45, 7) is 0.965. The van der Waals surface area contributed by atoms with Crippen LogP contribution in [0.4, 0.5) is 5.82 Å². The van der Waals surface area contributed by atoms with Gasteiger partial charge in [0.05, 0.1) is 5.25 Å². The van der Waals surface area contributed by atoms with E-state index >= 15 is 0 Å². The van der Waals surface area contributed by atoms with Gasteiger partial charge in [-0.05, 0) is 24.1 Å². The molecule has 3 rings (SSSR count). The molecule has 1 saturated carbocycles. The first-order valence-corrected chi connectivity index (χ1v) is 9.28. The lowest BCUT2D eigenvalue weighted by atomic mass is 10.1. The van der Waals surface area contributed by atoms with Crippen LogP contribution in [-0.2, 0) is 10.0 Å². The molecule has 1 aromatic carbocycles. The van der Waals surface area contributed by atoms with E-state index in [1.807, 2.05) is 60.5 Å². The lowest BCUT2D eigenvalue weighted by Gasteiger charge is -2.18. The Morgan fingerprint density at radius 1 is 1.17 bits per heavy atom. The van der Waals surface area contributed by atoms with Crippen LogP contribution in [0.15, 0.2) is 54.7 Å². The number of sulfonamides is 1. The van der Waals surface area contributed by atoms with E-state index in [4.69, 9.17) is 0 Å². The van der Waals surface area contributed by atoms with Crippen molar-refractivity contribution in [3.63, 3.8) is 0 Å². The number of pyridine rings is 1. The molecule has 1 aliphatic rings. The fourth-order valence-corrected chi connectivity index (χ4v) is 4.36. The maximum absolute atomic E-state index is 12.3. The molecule has 0 saturated heterocycles. The van der Waals surface area contributed by atoms with Crippen LogP contribution in [0.5, 0.6) is 0 Å². The molecule has 1 aliphatic carbocycles. The van der Waals surface area contributed by atoms with Crippen LogP contribution in [0.2, 0.25) is 0 Å². The van der Waals surface area contributed by atoms with Gasteiger partial charge in [0.25, 0.3) is 0 Å². The van der Waals surface area contributed by atoms with E-state index < -0.39 is 10.0 Å². The molecule has 0 bridgehead atoms. The number of benzene rings is 1. The molecule has 1 fully saturated rings. The van der Waals surface area contributed by atoms with Crippen LogP contribution in [0.3, 0.4) is 0 Å². The molecular formula is C17H21N3O2S. The van der Waals surface area contributed by atoms with Crippen molar-refractivity contribution in [2.45, 2.75) is 17.6 Å². The zero-order valence-electron chi connectivity index (χ0n) is 13.1. The maximum Gasteiger partial charge on any atom is 0.215 e. The molecular weight excluding hydrogens is 310 g/mol. The van der Waals surface area contributed by atoms with Gasteiger partial charge in [-0.15, -0.1) is 0 Å². The highest BCUT2D eigenvalue weighted by molar-refractivity contribution is 7.90. The molecule has 0 radical (unpaired) electrons. The molecule has 1 aromatic heterocycles. The van der Waals surface area contributed by atoms with Crippen molar-refractivity contribution in [3.8, 4) is 0 Å². The van der Waals surface area contributed by atoms with Gasteiger partial charge >= 0.3 is 0 Å². The van der Waals surface area contributed by atoms with Crippen LogP contribution in [0.1, 0.15) is 17.9 Å². The second-order valence-electron chi connectivity index (χ2n) is 5.84. The lowest BCUT2D eigenvalue weighted by Crippen LogP contribution is -2.35. The summed E-state index contributed by atoms with van der Waals surface area (Å²) in [5.74, 6) is 0.961. The summed E-state index contributed by atoms with van der Waals surface area (Å²) in [6.07, 6.45) is 2.43. The Balaban J connectivity index is 1.51. The third-order valence-electron chi connectivity index (χ3n) is 4.15. The second-order valence-corrected chi connectivity index (χ2v) is 7.82. The zero-order chi connectivity index (χ0) is 16.3. The standard InChI is InChI=1S/C17H21N3O2S/c1-20(17-9-5-6-10-18-17)12-11-19-23(21,22)16-13-15(16)14-7-3-2-4-8-14/h2-10,15-16,19H,11-13H2,1H3. The highest BCUT2D eigenvalue weighted by Gasteiger charge is 2.47. The average molecular weight is 331 g/mol. The van der Waals surface area contributed by atoms with E-state index in [-0.39, 0.29) is 11.2 Å². The lowest BCUT2D eigenvalue weighted by molar-refractivity contribution is 0.579. The molecule has 2 aromatic rings. The summed E-state index contributed by atoms with van der Waals surface area (Å²) in [7, 11) is -1.36. The van der Waals surface area contributed by atoms with Crippen LogP contribution in [0.25, 0.3) is 0 Å². The van der Waals surface area contributed by atoms with Gasteiger partial charge in [0.15, 0.2) is 0 Å². The van der Waals surface area contributed by atoms with Crippen molar-refractivity contribution in [3.05, 3.63) is 60.3 Å². The molecule has 0 spiro atoms. The molecule has 0 aliphatic heterocycles. The minimum Gasteiger partial charge on any atom is -0.358 e. The third kappa shape index (κ3) is 3.89. The number of hydrogen-bond acceptors (Lipinski definition) is 4. The summed E-state index contributed by atoms with van der Waals surface area (Å²) in [5.41, 5.74) is 1.11. The van der Waals surface area contributed by atoms with E-state index in [0.717, 1.165) is 11.4 Å². The van der Waals surface area contributed by atoms with Gasteiger partial charge in [-0.1, -0.05) is 36.4 Å². The molecule has 1 heterocycles. The minimum atomic E-state index is -3.26. The van der Waals surface area contributed by atoms with Crippen molar-refractivity contribution >= 4 is 15.8 Å². The van der Waals surface area contributed by atoms with Crippen molar-refractivity contribution in [2.75, 3.05) is 25.0 Å². The quantitative estimate of drug-likeness (QED) is 0.843. The van der Waals surface area contributed by atoms with Gasteiger partial charge in [0.1, 0.15) is 5.82 Å². The van der Waals surface area contributed by atoms with Crippen LogP contribution >= 0.6 is 0 Å². The topological polar surface area (TPSA) is 62.3 Å². The Morgan fingerprint density at radius 2 is 1.91 bits per heavy atom. The maximum atomic E-state index is 12.3. The van der Waals surface area contributed by atoms with Gasteiger partial charge in [-0.2, -0.15) is 0 Å². The number of aromatic nitrogens is 1. The smallest absolute Gasteiger partial charge is 0.215 e. The summed E-state index contributed by atoms with van der Waals surface area (Å²) >= 11 is 0. The predicted octanol–water partition coefficient (Wildman–Crippen LogP) is 1.99. The molecule has 6 heteroatoms. The van der Waals surface area contributed by atoms with Gasteiger partial charge in [-0.25, -0.2) is 18.1 Å². The van der Waals surface area contributed by atoms with Gasteiger partial charge in [0.2, 0.25) is 10.0 Å². The van der Waals surface area contributed by atoms with E-state index in [1.165, 1.54) is 0 Å². The SMILES string of the molecule is CN(CCNS(=O)(=O)C1CC1c1ccccc1)c1ccccn1. The summed E-state index contributed by atoms with van der Waals surface area (Å²) in [6, 6.07) is 15.5. The molecule has 23 heavy (non-hydrogen) atoms. The van der Waals surface area contributed by atoms with E-state index in [1.54, 1.807) is 6.20 Å². The molecule has 2 atom stereocenters. The number of likely N-dealkylation sites (N-methyl/N-ethyl adjacent to an activating group) is 1. The van der Waals surface area contributed by atoms with Crippen molar-refractivity contribution in [2.24, 2.45) is 0 Å². The average Bonchev–Trinajstić information content (AvgIpc) is 3.38. The van der Waals surface area contributed by atoms with E-state index in [0.29, 0.717) is 19.5 Å². The van der Waals surface area contributed by atoms with Gasteiger partial charge in [0, 0.05) is 32.3 Å². The number of anilines is 1. The van der Waals surface area contributed by atoms with E-state index in [2.05, 4.69) is 9.71 Å². The normalized spacial score (nSPS) is 20.2. The third-order valence-corrected chi connectivity index (χ3v) is 6.07. The Kier molecular flexibility index (Phi) is 4.63. The molecule has 5 nitrogen and oxygen atoms in total. The van der Waals surface area contributed by atoms with Crippen LogP contribution in [-0.4, -0.2) is 38.8 Å². The highest BCUT2D eigenvalue weighted by Crippen LogP contribution is 2.45. The fourth-order valence-electron chi connectivity index (χ4n) is 2.72. The summed E-state index contributed by atoms with van der Waals surface area (Å²) < 4.78 is 27.4. The first-order valence-electron chi connectivity index (χ1n) is 7.73. The predicted molar refractivity (Wildman–Crippen MR) is 92.0 cm³/mol. The Labute approximate surface area is 137 Å². The van der Waals surface area contributed by atoms with Crippen molar-refractivity contribution in [1.29, 1.82) is 0 Å². The summed E-state index contributed by atoms with van der Waals surface area (Å²) in [5, 5.41) is -0.301. The monoisotopic (exact) mass is 331 g/mol. The summed E-state index contributed by atoms with van der Waals surface area (Å²) in [4.78, 5) is 6.18. The largest absolute Gasteiger partial charge is 0.358 e. The molecule has 122 valence electrons. The zero-order valence-corrected chi connectivity index (χ0v) is 13.9. The van der Waals surface area contributed by atoms with Crippen molar-refractivity contribution in [1.82, 2.24) is 9.71 Å². The minimum absolute atomic E-state index is 0.127. The second kappa shape index (κ2) is 6.68. The van der Waals surface area contributed by atoms with Gasteiger partial charge in [-0.3, -0.25) is 0 Å². The Hall–Kier alpha value is -1.92. The molecule has 0 amide bonds.